The molecule has 11 heavy (non-hydrogen) atoms. The highest BCUT2D eigenvalue weighted by Gasteiger charge is 2.11. The van der Waals surface area contributed by atoms with E-state index in [1.807, 2.05) is 7.05 Å². The third-order valence-corrected chi connectivity index (χ3v) is 1.76. The Labute approximate surface area is 69.2 Å². The van der Waals surface area contributed by atoms with Gasteiger partial charge in [-0.15, -0.1) is 0 Å². The first kappa shape index (κ1) is 10.9. The van der Waals surface area contributed by atoms with Crippen molar-refractivity contribution in [2.45, 2.75) is 19.9 Å². The van der Waals surface area contributed by atoms with E-state index >= 15 is 0 Å². The second kappa shape index (κ2) is 5.52. The molecule has 0 aliphatic heterocycles. The summed E-state index contributed by atoms with van der Waals surface area (Å²) in [5.74, 6) is 0.626. The van der Waals surface area contributed by atoms with E-state index in [1.165, 1.54) is 0 Å². The molecule has 1 atom stereocenters. The number of nitrogens with two attached hydrogens (primary N) is 1. The number of rotatable bonds is 5. The maximum atomic E-state index is 8.89. The first-order valence-corrected chi connectivity index (χ1v) is 4.13. The van der Waals surface area contributed by atoms with Crippen molar-refractivity contribution < 1.29 is 5.11 Å². The lowest BCUT2D eigenvalue weighted by molar-refractivity contribution is 0.141. The molecule has 3 heteroatoms. The molecular weight excluding hydrogens is 140 g/mol. The predicted octanol–water partition coefficient (Wildman–Crippen LogP) is -0.106. The van der Waals surface area contributed by atoms with Crippen LogP contribution in [0.4, 0.5) is 0 Å². The SMILES string of the molecule is CC(C)CN(C)C(CN)CO. The van der Waals surface area contributed by atoms with Crippen LogP contribution in [-0.4, -0.2) is 42.8 Å². The molecule has 0 aromatic heterocycles. The lowest BCUT2D eigenvalue weighted by atomic mass is 10.2. The zero-order valence-corrected chi connectivity index (χ0v) is 7.75. The summed E-state index contributed by atoms with van der Waals surface area (Å²) in [4.78, 5) is 2.10. The summed E-state index contributed by atoms with van der Waals surface area (Å²) in [5, 5.41) is 8.89. The highest BCUT2D eigenvalue weighted by molar-refractivity contribution is 4.68. The number of aliphatic hydroxyl groups excluding tert-OH is 1. The molecule has 0 radical (unpaired) electrons. The zero-order valence-electron chi connectivity index (χ0n) is 7.75. The summed E-state index contributed by atoms with van der Waals surface area (Å²) in [6, 6.07) is 0.123. The van der Waals surface area contributed by atoms with Crippen LogP contribution < -0.4 is 5.73 Å². The normalized spacial score (nSPS) is 14.5. The molecule has 3 N–H and O–H groups in total. The van der Waals surface area contributed by atoms with Crippen molar-refractivity contribution in [3.05, 3.63) is 0 Å². The average molecular weight is 160 g/mol. The van der Waals surface area contributed by atoms with Gasteiger partial charge in [-0.3, -0.25) is 4.90 Å². The standard InChI is InChI=1S/C8H20N2O/c1-7(2)5-10(3)8(4-9)6-11/h7-8,11H,4-6,9H2,1-3H3. The molecule has 1 unspecified atom stereocenters. The molecular formula is C8H20N2O. The van der Waals surface area contributed by atoms with Crippen molar-refractivity contribution in [2.24, 2.45) is 11.7 Å². The fourth-order valence-corrected chi connectivity index (χ4v) is 1.12. The van der Waals surface area contributed by atoms with E-state index in [9.17, 15) is 0 Å². The van der Waals surface area contributed by atoms with Gasteiger partial charge in [0, 0.05) is 19.1 Å². The predicted molar refractivity (Wildman–Crippen MR) is 47.4 cm³/mol. The minimum Gasteiger partial charge on any atom is -0.395 e. The van der Waals surface area contributed by atoms with E-state index in [0.29, 0.717) is 12.5 Å². The molecule has 0 saturated carbocycles. The quantitative estimate of drug-likeness (QED) is 0.590. The number of hydrogen-bond acceptors (Lipinski definition) is 3. The van der Waals surface area contributed by atoms with Crippen LogP contribution in [0.3, 0.4) is 0 Å². The van der Waals surface area contributed by atoms with Gasteiger partial charge in [0.15, 0.2) is 0 Å². The first-order chi connectivity index (χ1) is 5.11. The number of likely N-dealkylation sites (N-methyl/N-ethyl adjacent to an activating group) is 1. The lowest BCUT2D eigenvalue weighted by Crippen LogP contribution is -2.42. The second-order valence-electron chi connectivity index (χ2n) is 3.41. The van der Waals surface area contributed by atoms with E-state index < -0.39 is 0 Å². The van der Waals surface area contributed by atoms with Gasteiger partial charge in [-0.1, -0.05) is 13.8 Å². The summed E-state index contributed by atoms with van der Waals surface area (Å²) in [7, 11) is 1.99. The lowest BCUT2D eigenvalue weighted by Gasteiger charge is -2.26. The topological polar surface area (TPSA) is 49.5 Å². The maximum absolute atomic E-state index is 8.89. The Morgan fingerprint density at radius 2 is 2.00 bits per heavy atom. The van der Waals surface area contributed by atoms with E-state index in [-0.39, 0.29) is 12.6 Å². The van der Waals surface area contributed by atoms with Crippen molar-refractivity contribution in [3.63, 3.8) is 0 Å². The summed E-state index contributed by atoms with van der Waals surface area (Å²) in [6.07, 6.45) is 0. The van der Waals surface area contributed by atoms with Gasteiger partial charge in [-0.05, 0) is 13.0 Å². The Kier molecular flexibility index (Phi) is 5.46. The highest BCUT2D eigenvalue weighted by Crippen LogP contribution is 1.99. The van der Waals surface area contributed by atoms with Gasteiger partial charge in [0.2, 0.25) is 0 Å². The number of hydrogen-bond donors (Lipinski definition) is 2. The molecule has 0 rings (SSSR count). The Balaban J connectivity index is 3.68. The fourth-order valence-electron chi connectivity index (χ4n) is 1.12. The Morgan fingerprint density at radius 3 is 2.27 bits per heavy atom. The zero-order chi connectivity index (χ0) is 8.85. The molecule has 0 aromatic rings. The minimum atomic E-state index is 0.123. The van der Waals surface area contributed by atoms with E-state index in [2.05, 4.69) is 18.7 Å². The van der Waals surface area contributed by atoms with Gasteiger partial charge in [-0.2, -0.15) is 0 Å². The second-order valence-corrected chi connectivity index (χ2v) is 3.41. The molecule has 0 heterocycles. The van der Waals surface area contributed by atoms with Gasteiger partial charge in [0.1, 0.15) is 0 Å². The van der Waals surface area contributed by atoms with Crippen LogP contribution >= 0.6 is 0 Å². The van der Waals surface area contributed by atoms with Crippen molar-refractivity contribution in [1.29, 1.82) is 0 Å². The molecule has 68 valence electrons. The molecule has 0 saturated heterocycles. The average Bonchev–Trinajstić information content (AvgIpc) is 1.88. The third kappa shape index (κ3) is 4.35. The van der Waals surface area contributed by atoms with E-state index in [1.54, 1.807) is 0 Å². The fraction of sp³-hybridized carbons (Fsp3) is 1.00. The number of nitrogens with zero attached hydrogens (tertiary/aromatic N) is 1. The molecule has 0 aliphatic carbocycles. The smallest absolute Gasteiger partial charge is 0.0599 e. The van der Waals surface area contributed by atoms with Crippen LogP contribution in [0.5, 0.6) is 0 Å². The summed E-state index contributed by atoms with van der Waals surface area (Å²) in [5.41, 5.74) is 5.46. The molecule has 0 bridgehead atoms. The summed E-state index contributed by atoms with van der Waals surface area (Å²) in [6.45, 7) is 5.98. The van der Waals surface area contributed by atoms with Crippen molar-refractivity contribution in [2.75, 3.05) is 26.7 Å². The van der Waals surface area contributed by atoms with Gasteiger partial charge in [0.05, 0.1) is 6.61 Å². The number of aliphatic hydroxyl groups is 1. The van der Waals surface area contributed by atoms with Gasteiger partial charge in [-0.25, -0.2) is 0 Å². The molecule has 0 aliphatic rings. The van der Waals surface area contributed by atoms with Crippen molar-refractivity contribution in [3.8, 4) is 0 Å². The third-order valence-electron chi connectivity index (χ3n) is 1.76. The monoisotopic (exact) mass is 160 g/mol. The maximum Gasteiger partial charge on any atom is 0.0599 e. The molecule has 0 spiro atoms. The first-order valence-electron chi connectivity index (χ1n) is 4.13. The molecule has 0 amide bonds. The van der Waals surface area contributed by atoms with E-state index in [0.717, 1.165) is 6.54 Å². The van der Waals surface area contributed by atoms with Gasteiger partial charge in [0.25, 0.3) is 0 Å². The molecule has 3 nitrogen and oxygen atoms in total. The van der Waals surface area contributed by atoms with Crippen LogP contribution in [0.2, 0.25) is 0 Å². The van der Waals surface area contributed by atoms with Crippen LogP contribution in [0.15, 0.2) is 0 Å². The van der Waals surface area contributed by atoms with Crippen molar-refractivity contribution in [1.82, 2.24) is 4.90 Å². The highest BCUT2D eigenvalue weighted by atomic mass is 16.3. The van der Waals surface area contributed by atoms with Crippen molar-refractivity contribution >= 4 is 0 Å². The van der Waals surface area contributed by atoms with Crippen LogP contribution in [0, 0.1) is 5.92 Å². The van der Waals surface area contributed by atoms with Crippen LogP contribution in [-0.2, 0) is 0 Å². The van der Waals surface area contributed by atoms with Gasteiger partial charge >= 0.3 is 0 Å². The van der Waals surface area contributed by atoms with Crippen LogP contribution in [0.1, 0.15) is 13.8 Å². The van der Waals surface area contributed by atoms with Crippen LogP contribution in [0.25, 0.3) is 0 Å². The summed E-state index contributed by atoms with van der Waals surface area (Å²) >= 11 is 0. The summed E-state index contributed by atoms with van der Waals surface area (Å²) < 4.78 is 0. The Bertz CT molecular complexity index is 92.1. The Morgan fingerprint density at radius 1 is 1.45 bits per heavy atom. The Hall–Kier alpha value is -0.120. The van der Waals surface area contributed by atoms with E-state index in [4.69, 9.17) is 10.8 Å². The molecule has 0 fully saturated rings. The minimum absolute atomic E-state index is 0.123. The largest absolute Gasteiger partial charge is 0.395 e. The van der Waals surface area contributed by atoms with Gasteiger partial charge < -0.3 is 10.8 Å². The molecule has 0 aromatic carbocycles.